The van der Waals surface area contributed by atoms with Crippen LogP contribution in [-0.2, 0) is 23.7 Å². The van der Waals surface area contributed by atoms with E-state index in [0.29, 0.717) is 11.8 Å². The van der Waals surface area contributed by atoms with Gasteiger partial charge in [-0.05, 0) is 68.1 Å². The number of fused-ring (bicyclic) bond motifs is 1. The normalized spacial score (nSPS) is 45.1. The summed E-state index contributed by atoms with van der Waals surface area (Å²) in [4.78, 5) is 0. The van der Waals surface area contributed by atoms with Crippen molar-refractivity contribution in [3.63, 3.8) is 0 Å². The van der Waals surface area contributed by atoms with Gasteiger partial charge in [-0.25, -0.2) is 0 Å². The Morgan fingerprint density at radius 3 is 2.41 bits per heavy atom. The van der Waals surface area contributed by atoms with E-state index in [0.717, 1.165) is 38.5 Å². The van der Waals surface area contributed by atoms with Crippen molar-refractivity contribution in [3.05, 3.63) is 23.8 Å². The van der Waals surface area contributed by atoms with Gasteiger partial charge < -0.3 is 49.2 Å². The molecule has 10 heteroatoms. The van der Waals surface area contributed by atoms with E-state index in [1.165, 1.54) is 18.3 Å². The zero-order valence-corrected chi connectivity index (χ0v) is 25.3. The number of hydrogen-bond acceptors (Lipinski definition) is 10. The molecular weight excluding hydrogens is 532 g/mol. The summed E-state index contributed by atoms with van der Waals surface area (Å²) in [5.41, 5.74) is 2.34. The third-order valence-corrected chi connectivity index (χ3v) is 10.6. The Balaban J connectivity index is 1.34. The van der Waals surface area contributed by atoms with Gasteiger partial charge in [0.1, 0.15) is 36.6 Å². The van der Waals surface area contributed by atoms with Crippen LogP contribution < -0.4 is 0 Å². The summed E-state index contributed by atoms with van der Waals surface area (Å²) in [5.74, 6) is 0.727. The van der Waals surface area contributed by atoms with Crippen molar-refractivity contribution < 1.29 is 49.2 Å². The molecule has 12 unspecified atom stereocenters. The molecule has 2 saturated heterocycles. The van der Waals surface area contributed by atoms with Gasteiger partial charge in [0.25, 0.3) is 0 Å². The highest BCUT2D eigenvalue weighted by molar-refractivity contribution is 5.18. The molecule has 0 bridgehead atoms. The molecule has 2 aliphatic heterocycles. The second-order valence-electron chi connectivity index (χ2n) is 13.4. The zero-order valence-electron chi connectivity index (χ0n) is 25.3. The quantitative estimate of drug-likeness (QED) is 0.242. The zero-order chi connectivity index (χ0) is 30.1. The Morgan fingerprint density at radius 2 is 1.76 bits per heavy atom. The maximum Gasteiger partial charge on any atom is 0.186 e. The lowest BCUT2D eigenvalue weighted by atomic mass is 9.46. The molecule has 5 N–H and O–H groups in total. The van der Waals surface area contributed by atoms with Crippen molar-refractivity contribution in [1.82, 2.24) is 0 Å². The molecule has 4 aliphatic rings. The molecule has 236 valence electrons. The third kappa shape index (κ3) is 6.62. The molecular formula is C31H52O10. The lowest BCUT2D eigenvalue weighted by Crippen LogP contribution is -2.56. The molecule has 12 atom stereocenters. The number of methoxy groups -OCH3 is 1. The molecule has 2 aliphatic carbocycles. The topological polar surface area (TPSA) is 147 Å². The molecule has 0 amide bonds. The first-order chi connectivity index (χ1) is 19.3. The van der Waals surface area contributed by atoms with Crippen LogP contribution in [0.3, 0.4) is 0 Å². The predicted octanol–water partition coefficient (Wildman–Crippen LogP) is 2.06. The Bertz CT molecular complexity index is 923. The summed E-state index contributed by atoms with van der Waals surface area (Å²) in [6, 6.07) is 0. The van der Waals surface area contributed by atoms with Crippen LogP contribution in [0, 0.1) is 22.7 Å². The number of rotatable bonds is 10. The summed E-state index contributed by atoms with van der Waals surface area (Å²) < 4.78 is 28.3. The third-order valence-electron chi connectivity index (χ3n) is 10.6. The van der Waals surface area contributed by atoms with Gasteiger partial charge in [0, 0.05) is 7.11 Å². The van der Waals surface area contributed by atoms with Crippen molar-refractivity contribution in [2.24, 2.45) is 22.7 Å². The average molecular weight is 585 g/mol. The van der Waals surface area contributed by atoms with Crippen molar-refractivity contribution >= 4 is 0 Å². The van der Waals surface area contributed by atoms with Crippen molar-refractivity contribution in [2.75, 3.05) is 26.9 Å². The van der Waals surface area contributed by atoms with Gasteiger partial charge >= 0.3 is 0 Å². The van der Waals surface area contributed by atoms with Crippen molar-refractivity contribution in [2.45, 2.75) is 122 Å². The number of hydrogen-bond donors (Lipinski definition) is 5. The molecule has 0 aromatic carbocycles. The minimum Gasteiger partial charge on any atom is -0.394 e. The minimum absolute atomic E-state index is 0.0475. The molecule has 41 heavy (non-hydrogen) atoms. The van der Waals surface area contributed by atoms with Gasteiger partial charge in [0.05, 0.1) is 25.9 Å². The summed E-state index contributed by atoms with van der Waals surface area (Å²) >= 11 is 0. The van der Waals surface area contributed by atoms with Gasteiger partial charge in [-0.15, -0.1) is 0 Å². The monoisotopic (exact) mass is 584 g/mol. The van der Waals surface area contributed by atoms with Gasteiger partial charge in [0.15, 0.2) is 12.6 Å². The first kappa shape index (κ1) is 33.0. The molecule has 10 nitrogen and oxygen atoms in total. The SMILES string of the molecule is C=C1CCC2C(C)(C)C(OC3OC(CO)C(O)C3O)CCC2(C)C1CCC(C)=CCOC1OCC(OC)C(O)C1O. The summed E-state index contributed by atoms with van der Waals surface area (Å²) in [6.45, 7) is 13.5. The van der Waals surface area contributed by atoms with E-state index in [-0.39, 0.29) is 36.8 Å². The standard InChI is InChI=1S/C31H52O10/c1-17(12-14-38-28-26(35)25(34)21(37-6)16-39-28)7-9-19-18(2)8-10-22-30(3,4)23(11-13-31(19,22)5)41-29-27(36)24(33)20(15-32)40-29/h12,19-29,32-36H,2,7-11,13-16H2,1,3-6H3. The number of aliphatic hydroxyl groups excluding tert-OH is 5. The fraction of sp³-hybridized carbons (Fsp3) is 0.871. The fourth-order valence-electron chi connectivity index (χ4n) is 7.95. The molecule has 4 rings (SSSR count). The van der Waals surface area contributed by atoms with Crippen LogP contribution in [-0.4, -0.2) is 108 Å². The van der Waals surface area contributed by atoms with Crippen LogP contribution >= 0.6 is 0 Å². The number of ether oxygens (including phenoxy) is 5. The molecule has 0 radical (unpaired) electrons. The van der Waals surface area contributed by atoms with E-state index in [9.17, 15) is 25.5 Å². The molecule has 0 aromatic heterocycles. The summed E-state index contributed by atoms with van der Waals surface area (Å²) in [7, 11) is 1.47. The molecule has 0 aromatic rings. The van der Waals surface area contributed by atoms with E-state index < -0.39 is 49.2 Å². The molecule has 4 fully saturated rings. The van der Waals surface area contributed by atoms with Crippen LogP contribution in [0.15, 0.2) is 23.8 Å². The van der Waals surface area contributed by atoms with Crippen LogP contribution in [0.25, 0.3) is 0 Å². The highest BCUT2D eigenvalue weighted by Gasteiger charge is 2.57. The van der Waals surface area contributed by atoms with E-state index in [1.807, 2.05) is 6.08 Å². The van der Waals surface area contributed by atoms with E-state index >= 15 is 0 Å². The maximum atomic E-state index is 10.5. The Morgan fingerprint density at radius 1 is 1.05 bits per heavy atom. The number of allylic oxidation sites excluding steroid dienone is 2. The van der Waals surface area contributed by atoms with Crippen LogP contribution in [0.1, 0.15) is 66.2 Å². The van der Waals surface area contributed by atoms with E-state index in [4.69, 9.17) is 23.7 Å². The van der Waals surface area contributed by atoms with Gasteiger partial charge in [0.2, 0.25) is 0 Å². The van der Waals surface area contributed by atoms with Gasteiger partial charge in [-0.2, -0.15) is 0 Å². The number of aliphatic hydroxyl groups is 5. The fourth-order valence-corrected chi connectivity index (χ4v) is 7.95. The maximum absolute atomic E-state index is 10.5. The summed E-state index contributed by atoms with van der Waals surface area (Å²) in [5, 5.41) is 50.5. The lowest BCUT2D eigenvalue weighted by molar-refractivity contribution is -0.270. The minimum atomic E-state index is -1.19. The second kappa shape index (κ2) is 13.4. The predicted molar refractivity (Wildman–Crippen MR) is 151 cm³/mol. The molecule has 0 spiro atoms. The van der Waals surface area contributed by atoms with Crippen LogP contribution in [0.4, 0.5) is 0 Å². The molecule has 2 heterocycles. The largest absolute Gasteiger partial charge is 0.394 e. The first-order valence-corrected chi connectivity index (χ1v) is 15.1. The molecule has 2 saturated carbocycles. The summed E-state index contributed by atoms with van der Waals surface area (Å²) in [6.07, 6.45) is -0.375. The van der Waals surface area contributed by atoms with Gasteiger partial charge in [-0.1, -0.05) is 44.6 Å². The van der Waals surface area contributed by atoms with Crippen LogP contribution in [0.5, 0.6) is 0 Å². The smallest absolute Gasteiger partial charge is 0.186 e. The van der Waals surface area contributed by atoms with E-state index in [2.05, 4.69) is 34.3 Å². The Kier molecular flexibility index (Phi) is 10.8. The highest BCUT2D eigenvalue weighted by atomic mass is 16.7. The van der Waals surface area contributed by atoms with Crippen LogP contribution in [0.2, 0.25) is 0 Å². The highest BCUT2D eigenvalue weighted by Crippen LogP contribution is 2.62. The van der Waals surface area contributed by atoms with Crippen molar-refractivity contribution in [3.8, 4) is 0 Å². The first-order valence-electron chi connectivity index (χ1n) is 15.1. The second-order valence-corrected chi connectivity index (χ2v) is 13.4. The Labute approximate surface area is 244 Å². The Hall–Kier alpha value is -0.920. The van der Waals surface area contributed by atoms with Crippen molar-refractivity contribution in [1.29, 1.82) is 0 Å². The van der Waals surface area contributed by atoms with Gasteiger partial charge in [-0.3, -0.25) is 0 Å². The lowest BCUT2D eigenvalue weighted by Gasteiger charge is -2.60. The average Bonchev–Trinajstić information content (AvgIpc) is 3.20. The van der Waals surface area contributed by atoms with E-state index in [1.54, 1.807) is 0 Å².